The Kier molecular flexibility index (Phi) is 10.8. The van der Waals surface area contributed by atoms with Crippen molar-refractivity contribution in [1.29, 1.82) is 0 Å². The van der Waals surface area contributed by atoms with Crippen molar-refractivity contribution in [2.75, 3.05) is 34.3 Å². The predicted octanol–water partition coefficient (Wildman–Crippen LogP) is 1.99. The summed E-state index contributed by atoms with van der Waals surface area (Å²) in [4.78, 5) is 17.7. The Balaban J connectivity index is 0.00000484. The molecule has 2 N–H and O–H groups in total. The SMILES string of the molecule is COC(C)(C)CNC(=NCC(=O)N(C)C)NC1CCCCC1.I. The van der Waals surface area contributed by atoms with E-state index in [0.717, 1.165) is 12.8 Å². The van der Waals surface area contributed by atoms with Crippen LogP contribution in [0.4, 0.5) is 0 Å². The average Bonchev–Trinajstić information content (AvgIpc) is 2.50. The monoisotopic (exact) mass is 440 g/mol. The molecule has 0 bridgehead atoms. The fourth-order valence-electron chi connectivity index (χ4n) is 2.25. The molecule has 0 aliphatic heterocycles. The molecule has 0 aromatic carbocycles. The number of aliphatic imine (C=N–C) groups is 1. The Hall–Kier alpha value is -0.570. The van der Waals surface area contributed by atoms with Crippen molar-refractivity contribution in [3.05, 3.63) is 0 Å². The molecular formula is C16H33IN4O2. The van der Waals surface area contributed by atoms with Crippen molar-refractivity contribution >= 4 is 35.8 Å². The molecule has 0 saturated heterocycles. The highest BCUT2D eigenvalue weighted by Crippen LogP contribution is 2.17. The van der Waals surface area contributed by atoms with Crippen molar-refractivity contribution < 1.29 is 9.53 Å². The normalized spacial score (nSPS) is 16.5. The summed E-state index contributed by atoms with van der Waals surface area (Å²) in [7, 11) is 5.18. The van der Waals surface area contributed by atoms with Crippen molar-refractivity contribution in [2.45, 2.75) is 57.6 Å². The second kappa shape index (κ2) is 11.1. The zero-order chi connectivity index (χ0) is 16.6. The molecule has 0 aromatic rings. The van der Waals surface area contributed by atoms with Crippen LogP contribution >= 0.6 is 24.0 Å². The van der Waals surface area contributed by atoms with Crippen LogP contribution in [-0.4, -0.2) is 62.7 Å². The van der Waals surface area contributed by atoms with Gasteiger partial charge in [-0.3, -0.25) is 4.79 Å². The number of hydrogen-bond acceptors (Lipinski definition) is 3. The van der Waals surface area contributed by atoms with Gasteiger partial charge in [-0.2, -0.15) is 0 Å². The molecule has 1 fully saturated rings. The number of carbonyl (C=O) groups is 1. The van der Waals surface area contributed by atoms with E-state index >= 15 is 0 Å². The minimum absolute atomic E-state index is 0. The molecule has 0 atom stereocenters. The number of carbonyl (C=O) groups excluding carboxylic acids is 1. The van der Waals surface area contributed by atoms with Crippen LogP contribution in [0, 0.1) is 0 Å². The molecule has 1 saturated carbocycles. The van der Waals surface area contributed by atoms with Crippen molar-refractivity contribution in [1.82, 2.24) is 15.5 Å². The van der Waals surface area contributed by atoms with Gasteiger partial charge >= 0.3 is 0 Å². The van der Waals surface area contributed by atoms with E-state index in [4.69, 9.17) is 4.74 Å². The van der Waals surface area contributed by atoms with E-state index in [-0.39, 0.29) is 42.0 Å². The average molecular weight is 440 g/mol. The van der Waals surface area contributed by atoms with E-state index in [9.17, 15) is 4.79 Å². The molecule has 136 valence electrons. The molecule has 1 rings (SSSR count). The minimum Gasteiger partial charge on any atom is -0.377 e. The molecule has 7 heteroatoms. The Bertz CT molecular complexity index is 380. The number of rotatable bonds is 6. The zero-order valence-electron chi connectivity index (χ0n) is 15.1. The van der Waals surface area contributed by atoms with Gasteiger partial charge in [-0.25, -0.2) is 4.99 Å². The van der Waals surface area contributed by atoms with Crippen LogP contribution in [0.1, 0.15) is 46.0 Å². The molecule has 0 spiro atoms. The van der Waals surface area contributed by atoms with E-state index in [2.05, 4.69) is 15.6 Å². The van der Waals surface area contributed by atoms with E-state index < -0.39 is 0 Å². The third-order valence-electron chi connectivity index (χ3n) is 4.05. The zero-order valence-corrected chi connectivity index (χ0v) is 17.5. The lowest BCUT2D eigenvalue weighted by atomic mass is 9.96. The third-order valence-corrected chi connectivity index (χ3v) is 4.05. The summed E-state index contributed by atoms with van der Waals surface area (Å²) in [6.45, 7) is 4.83. The van der Waals surface area contributed by atoms with Gasteiger partial charge in [-0.15, -0.1) is 24.0 Å². The fourth-order valence-corrected chi connectivity index (χ4v) is 2.25. The largest absolute Gasteiger partial charge is 0.377 e. The summed E-state index contributed by atoms with van der Waals surface area (Å²) in [5.41, 5.74) is -0.277. The van der Waals surface area contributed by atoms with E-state index in [0.29, 0.717) is 18.5 Å². The molecule has 6 nitrogen and oxygen atoms in total. The third kappa shape index (κ3) is 9.34. The lowest BCUT2D eigenvalue weighted by Gasteiger charge is -2.28. The van der Waals surface area contributed by atoms with Crippen LogP contribution in [0.3, 0.4) is 0 Å². The standard InChI is InChI=1S/C16H32N4O2.HI/c1-16(2,22-5)12-18-15(17-11-14(21)20(3)4)19-13-9-7-6-8-10-13;/h13H,6-12H2,1-5H3,(H2,17,18,19);1H. The minimum atomic E-state index is -0.277. The van der Waals surface area contributed by atoms with Crippen LogP contribution in [0.25, 0.3) is 0 Å². The Morgan fingerprint density at radius 1 is 1.26 bits per heavy atom. The van der Waals surface area contributed by atoms with Gasteiger partial charge < -0.3 is 20.3 Å². The Morgan fingerprint density at radius 3 is 2.39 bits per heavy atom. The first-order chi connectivity index (χ1) is 10.3. The quantitative estimate of drug-likeness (QED) is 0.377. The maximum atomic E-state index is 11.7. The van der Waals surface area contributed by atoms with Crippen LogP contribution in [0.2, 0.25) is 0 Å². The molecule has 0 radical (unpaired) electrons. The summed E-state index contributed by atoms with van der Waals surface area (Å²) >= 11 is 0. The van der Waals surface area contributed by atoms with Crippen LogP contribution in [-0.2, 0) is 9.53 Å². The molecule has 1 aliphatic rings. The summed E-state index contributed by atoms with van der Waals surface area (Å²) < 4.78 is 5.42. The molecule has 0 heterocycles. The second-order valence-electron chi connectivity index (χ2n) is 6.75. The van der Waals surface area contributed by atoms with Gasteiger partial charge in [0.2, 0.25) is 5.91 Å². The number of methoxy groups -OCH3 is 1. The van der Waals surface area contributed by atoms with Crippen molar-refractivity contribution in [3.8, 4) is 0 Å². The van der Waals surface area contributed by atoms with Crippen molar-refractivity contribution in [2.24, 2.45) is 4.99 Å². The van der Waals surface area contributed by atoms with Gasteiger partial charge in [-0.05, 0) is 26.7 Å². The number of ether oxygens (including phenoxy) is 1. The first kappa shape index (κ1) is 22.4. The summed E-state index contributed by atoms with van der Waals surface area (Å²) in [6, 6.07) is 0.445. The smallest absolute Gasteiger partial charge is 0.243 e. The lowest BCUT2D eigenvalue weighted by Crippen LogP contribution is -2.49. The fraction of sp³-hybridized carbons (Fsp3) is 0.875. The van der Waals surface area contributed by atoms with Gasteiger partial charge in [-0.1, -0.05) is 19.3 Å². The number of halogens is 1. The molecule has 1 amide bonds. The van der Waals surface area contributed by atoms with Gasteiger partial charge in [0.15, 0.2) is 5.96 Å². The van der Waals surface area contributed by atoms with Crippen LogP contribution < -0.4 is 10.6 Å². The van der Waals surface area contributed by atoms with Crippen LogP contribution in [0.15, 0.2) is 4.99 Å². The number of likely N-dealkylation sites (N-methyl/N-ethyl adjacent to an activating group) is 1. The molecular weight excluding hydrogens is 407 g/mol. The Labute approximate surface area is 157 Å². The highest BCUT2D eigenvalue weighted by atomic mass is 127. The number of amides is 1. The first-order valence-electron chi connectivity index (χ1n) is 8.14. The Morgan fingerprint density at radius 2 is 1.87 bits per heavy atom. The van der Waals surface area contributed by atoms with E-state index in [1.807, 2.05) is 13.8 Å². The lowest BCUT2D eigenvalue weighted by molar-refractivity contribution is -0.127. The predicted molar refractivity (Wildman–Crippen MR) is 106 cm³/mol. The van der Waals surface area contributed by atoms with Crippen LogP contribution in [0.5, 0.6) is 0 Å². The number of hydrogen-bond donors (Lipinski definition) is 2. The number of nitrogens with zero attached hydrogens (tertiary/aromatic N) is 2. The van der Waals surface area contributed by atoms with Gasteiger partial charge in [0, 0.05) is 33.8 Å². The maximum Gasteiger partial charge on any atom is 0.243 e. The van der Waals surface area contributed by atoms with Gasteiger partial charge in [0.1, 0.15) is 6.54 Å². The molecule has 1 aliphatic carbocycles. The molecule has 0 unspecified atom stereocenters. The topological polar surface area (TPSA) is 66.0 Å². The van der Waals surface area contributed by atoms with E-state index in [1.54, 1.807) is 26.1 Å². The highest BCUT2D eigenvalue weighted by Gasteiger charge is 2.19. The molecule has 0 aromatic heterocycles. The van der Waals surface area contributed by atoms with Gasteiger partial charge in [0.25, 0.3) is 0 Å². The first-order valence-corrected chi connectivity index (χ1v) is 8.14. The van der Waals surface area contributed by atoms with E-state index in [1.165, 1.54) is 19.3 Å². The second-order valence-corrected chi connectivity index (χ2v) is 6.75. The maximum absolute atomic E-state index is 11.7. The highest BCUT2D eigenvalue weighted by molar-refractivity contribution is 14.0. The van der Waals surface area contributed by atoms with Crippen molar-refractivity contribution in [3.63, 3.8) is 0 Å². The summed E-state index contributed by atoms with van der Waals surface area (Å²) in [5, 5.41) is 6.76. The summed E-state index contributed by atoms with van der Waals surface area (Å²) in [6.07, 6.45) is 6.15. The van der Waals surface area contributed by atoms with Gasteiger partial charge in [0.05, 0.1) is 5.60 Å². The number of nitrogens with one attached hydrogen (secondary N) is 2. The summed E-state index contributed by atoms with van der Waals surface area (Å²) in [5.74, 6) is 0.697. The molecule has 23 heavy (non-hydrogen) atoms. The number of guanidine groups is 1.